The molecule has 2 unspecified atom stereocenters. The minimum atomic E-state index is -4.06. The second-order valence-electron chi connectivity index (χ2n) is 4.76. The highest BCUT2D eigenvalue weighted by atomic mass is 19.4. The molecule has 0 aromatic carbocycles. The fourth-order valence-electron chi connectivity index (χ4n) is 1.66. The molecular formula is C10H18F3N. The number of hydrogen-bond acceptors (Lipinski definition) is 1. The SMILES string of the molecule is CC(CC(F)(F)F)NC(C)C1(C)CC1. The van der Waals surface area contributed by atoms with E-state index in [1.807, 2.05) is 6.92 Å². The van der Waals surface area contributed by atoms with Crippen LogP contribution in [0.3, 0.4) is 0 Å². The zero-order valence-electron chi connectivity index (χ0n) is 8.91. The van der Waals surface area contributed by atoms with Gasteiger partial charge in [0.05, 0.1) is 6.42 Å². The van der Waals surface area contributed by atoms with Crippen molar-refractivity contribution in [1.29, 1.82) is 0 Å². The van der Waals surface area contributed by atoms with Crippen LogP contribution in [0.2, 0.25) is 0 Å². The van der Waals surface area contributed by atoms with Gasteiger partial charge in [0.25, 0.3) is 0 Å². The van der Waals surface area contributed by atoms with E-state index in [0.29, 0.717) is 0 Å². The van der Waals surface area contributed by atoms with Crippen molar-refractivity contribution in [2.24, 2.45) is 5.41 Å². The van der Waals surface area contributed by atoms with Crippen molar-refractivity contribution in [3.05, 3.63) is 0 Å². The van der Waals surface area contributed by atoms with Crippen LogP contribution in [0.15, 0.2) is 0 Å². The van der Waals surface area contributed by atoms with E-state index in [4.69, 9.17) is 0 Å². The Kier molecular flexibility index (Phi) is 3.14. The third-order valence-corrected chi connectivity index (χ3v) is 3.16. The number of rotatable bonds is 4. The van der Waals surface area contributed by atoms with E-state index in [1.165, 1.54) is 0 Å². The molecule has 0 aliphatic heterocycles. The number of alkyl halides is 3. The molecule has 1 N–H and O–H groups in total. The molecule has 0 radical (unpaired) electrons. The van der Waals surface area contributed by atoms with Crippen molar-refractivity contribution in [3.8, 4) is 0 Å². The first-order chi connectivity index (χ1) is 6.23. The Hall–Kier alpha value is -0.250. The molecule has 1 rings (SSSR count). The number of halogens is 3. The number of nitrogens with one attached hydrogen (secondary N) is 1. The smallest absolute Gasteiger partial charge is 0.311 e. The zero-order valence-corrected chi connectivity index (χ0v) is 8.91. The average molecular weight is 209 g/mol. The number of hydrogen-bond donors (Lipinski definition) is 1. The Morgan fingerprint density at radius 1 is 1.29 bits per heavy atom. The summed E-state index contributed by atoms with van der Waals surface area (Å²) >= 11 is 0. The predicted octanol–water partition coefficient (Wildman–Crippen LogP) is 3.11. The Labute approximate surface area is 83.1 Å². The molecular weight excluding hydrogens is 191 g/mol. The fraction of sp³-hybridized carbons (Fsp3) is 1.00. The first kappa shape index (κ1) is 11.8. The van der Waals surface area contributed by atoms with Gasteiger partial charge in [0.2, 0.25) is 0 Å². The lowest BCUT2D eigenvalue weighted by Gasteiger charge is -2.25. The summed E-state index contributed by atoms with van der Waals surface area (Å²) in [6, 6.07) is -0.303. The van der Waals surface area contributed by atoms with Gasteiger partial charge in [-0.25, -0.2) is 0 Å². The van der Waals surface area contributed by atoms with Crippen LogP contribution in [0.4, 0.5) is 13.2 Å². The molecule has 0 spiro atoms. The molecule has 0 aromatic heterocycles. The zero-order chi connectivity index (χ0) is 11.0. The minimum Gasteiger partial charge on any atom is -0.311 e. The van der Waals surface area contributed by atoms with Crippen LogP contribution in [0.25, 0.3) is 0 Å². The average Bonchev–Trinajstić information content (AvgIpc) is 2.64. The highest BCUT2D eigenvalue weighted by Gasteiger charge is 2.43. The van der Waals surface area contributed by atoms with E-state index in [2.05, 4.69) is 12.2 Å². The maximum Gasteiger partial charge on any atom is 0.390 e. The van der Waals surface area contributed by atoms with Gasteiger partial charge < -0.3 is 5.32 Å². The lowest BCUT2D eigenvalue weighted by molar-refractivity contribution is -0.139. The van der Waals surface area contributed by atoms with Crippen LogP contribution in [0, 0.1) is 5.41 Å². The quantitative estimate of drug-likeness (QED) is 0.750. The summed E-state index contributed by atoms with van der Waals surface area (Å²) < 4.78 is 36.1. The van der Waals surface area contributed by atoms with Crippen molar-refractivity contribution in [2.45, 2.75) is 58.3 Å². The van der Waals surface area contributed by atoms with E-state index < -0.39 is 18.6 Å². The molecule has 1 aliphatic rings. The van der Waals surface area contributed by atoms with E-state index in [9.17, 15) is 13.2 Å². The molecule has 1 fully saturated rings. The lowest BCUT2D eigenvalue weighted by atomic mass is 9.99. The van der Waals surface area contributed by atoms with E-state index in [-0.39, 0.29) is 11.5 Å². The van der Waals surface area contributed by atoms with Crippen LogP contribution in [-0.4, -0.2) is 18.3 Å². The standard InChI is InChI=1S/C10H18F3N/c1-7(6-10(11,12)13)14-8(2)9(3)4-5-9/h7-8,14H,4-6H2,1-3H3. The molecule has 0 aromatic rings. The topological polar surface area (TPSA) is 12.0 Å². The van der Waals surface area contributed by atoms with Crippen LogP contribution in [0.5, 0.6) is 0 Å². The lowest BCUT2D eigenvalue weighted by Crippen LogP contribution is -2.41. The van der Waals surface area contributed by atoms with E-state index >= 15 is 0 Å². The molecule has 2 atom stereocenters. The molecule has 0 saturated heterocycles. The van der Waals surface area contributed by atoms with Crippen LogP contribution < -0.4 is 5.32 Å². The normalized spacial score (nSPS) is 24.4. The molecule has 1 saturated carbocycles. The van der Waals surface area contributed by atoms with Crippen molar-refractivity contribution in [3.63, 3.8) is 0 Å². The third kappa shape index (κ3) is 3.48. The van der Waals surface area contributed by atoms with Gasteiger partial charge in [-0.2, -0.15) is 13.2 Å². The maximum atomic E-state index is 12.0. The third-order valence-electron chi connectivity index (χ3n) is 3.16. The minimum absolute atomic E-state index is 0.180. The van der Waals surface area contributed by atoms with Gasteiger partial charge >= 0.3 is 6.18 Å². The van der Waals surface area contributed by atoms with Gasteiger partial charge in [0.1, 0.15) is 0 Å². The Bertz CT molecular complexity index is 196. The maximum absolute atomic E-state index is 12.0. The Morgan fingerprint density at radius 2 is 1.79 bits per heavy atom. The highest BCUT2D eigenvalue weighted by Crippen LogP contribution is 2.48. The largest absolute Gasteiger partial charge is 0.390 e. The fourth-order valence-corrected chi connectivity index (χ4v) is 1.66. The van der Waals surface area contributed by atoms with Gasteiger partial charge in [-0.3, -0.25) is 0 Å². The summed E-state index contributed by atoms with van der Waals surface area (Å²) in [7, 11) is 0. The van der Waals surface area contributed by atoms with Gasteiger partial charge in [-0.15, -0.1) is 0 Å². The summed E-state index contributed by atoms with van der Waals surface area (Å²) in [6.07, 6.45) is -2.55. The van der Waals surface area contributed by atoms with Crippen LogP contribution in [-0.2, 0) is 0 Å². The van der Waals surface area contributed by atoms with Crippen LogP contribution in [0.1, 0.15) is 40.0 Å². The highest BCUT2D eigenvalue weighted by molar-refractivity contribution is 4.97. The van der Waals surface area contributed by atoms with Crippen molar-refractivity contribution in [2.75, 3.05) is 0 Å². The molecule has 0 bridgehead atoms. The Morgan fingerprint density at radius 3 is 2.14 bits per heavy atom. The second-order valence-corrected chi connectivity index (χ2v) is 4.76. The molecule has 14 heavy (non-hydrogen) atoms. The summed E-state index contributed by atoms with van der Waals surface area (Å²) in [4.78, 5) is 0. The summed E-state index contributed by atoms with van der Waals surface area (Å²) in [5.41, 5.74) is 0.236. The Balaban J connectivity index is 2.30. The van der Waals surface area contributed by atoms with Crippen molar-refractivity contribution < 1.29 is 13.2 Å². The van der Waals surface area contributed by atoms with E-state index in [1.54, 1.807) is 6.92 Å². The first-order valence-corrected chi connectivity index (χ1v) is 5.06. The molecule has 0 heterocycles. The molecule has 0 amide bonds. The summed E-state index contributed by atoms with van der Waals surface area (Å²) in [5.74, 6) is 0. The molecule has 1 aliphatic carbocycles. The van der Waals surface area contributed by atoms with Crippen molar-refractivity contribution in [1.82, 2.24) is 5.32 Å². The predicted molar refractivity (Wildman–Crippen MR) is 50.1 cm³/mol. The van der Waals surface area contributed by atoms with Gasteiger partial charge in [0.15, 0.2) is 0 Å². The van der Waals surface area contributed by atoms with E-state index in [0.717, 1.165) is 12.8 Å². The first-order valence-electron chi connectivity index (χ1n) is 5.06. The molecule has 4 heteroatoms. The molecule has 84 valence electrons. The monoisotopic (exact) mass is 209 g/mol. The van der Waals surface area contributed by atoms with Crippen LogP contribution >= 0.6 is 0 Å². The van der Waals surface area contributed by atoms with Gasteiger partial charge in [-0.1, -0.05) is 6.92 Å². The summed E-state index contributed by atoms with van der Waals surface area (Å²) in [6.45, 7) is 5.68. The second kappa shape index (κ2) is 3.72. The van der Waals surface area contributed by atoms with Gasteiger partial charge in [0, 0.05) is 12.1 Å². The summed E-state index contributed by atoms with van der Waals surface area (Å²) in [5, 5.41) is 3.02. The molecule has 1 nitrogen and oxygen atoms in total. The van der Waals surface area contributed by atoms with Crippen molar-refractivity contribution >= 4 is 0 Å². The van der Waals surface area contributed by atoms with Gasteiger partial charge in [-0.05, 0) is 32.1 Å².